The molecule has 1 aromatic heterocycles. The number of aromatic nitrogens is 1. The van der Waals surface area contributed by atoms with Gasteiger partial charge in [-0.3, -0.25) is 0 Å². The molecule has 44 heavy (non-hydrogen) atoms. The van der Waals surface area contributed by atoms with Crippen LogP contribution in [0.15, 0.2) is 91.0 Å². The summed E-state index contributed by atoms with van der Waals surface area (Å²) >= 11 is 0. The van der Waals surface area contributed by atoms with Gasteiger partial charge in [0.05, 0.1) is 18.9 Å². The summed E-state index contributed by atoms with van der Waals surface area (Å²) < 4.78 is 55.8. The summed E-state index contributed by atoms with van der Waals surface area (Å²) in [6.07, 6.45) is 2.61. The van der Waals surface area contributed by atoms with E-state index in [1.165, 1.54) is 0 Å². The zero-order chi connectivity index (χ0) is 30.0. The van der Waals surface area contributed by atoms with Crippen molar-refractivity contribution in [3.05, 3.63) is 113 Å². The molecule has 6 nitrogen and oxygen atoms in total. The predicted molar refractivity (Wildman–Crippen MR) is 164 cm³/mol. The minimum absolute atomic E-state index is 0.00916. The summed E-state index contributed by atoms with van der Waals surface area (Å²) in [4.78, 5) is 6.67. The molecule has 2 aliphatic heterocycles. The number of ether oxygens (including phenoxy) is 4. The standard InChI is InChI=1S/C36H36F2N2O4/c37-36(38)20-21-40(30-13-7-12-29(33(30)36)28-16-18-35(19-17-28)43-22-23-44-35)31-14-15-32(41-24-26-8-3-1-4-9-26)39-34(31)42-25-27-10-5-2-6-11-27/h1-15,28H,16-25H2. The van der Waals surface area contributed by atoms with Crippen molar-refractivity contribution in [1.29, 1.82) is 0 Å². The number of halogens is 2. The Morgan fingerprint density at radius 1 is 0.727 bits per heavy atom. The fourth-order valence-electron chi connectivity index (χ4n) is 6.69. The Bertz CT molecular complexity index is 1570. The van der Waals surface area contributed by atoms with Crippen LogP contribution in [0, 0.1) is 0 Å². The van der Waals surface area contributed by atoms with Crippen LogP contribution in [0.1, 0.15) is 60.3 Å². The molecule has 0 radical (unpaired) electrons. The summed E-state index contributed by atoms with van der Waals surface area (Å²) in [6, 6.07) is 28.9. The maximum absolute atomic E-state index is 15.8. The number of fused-ring (bicyclic) bond motifs is 1. The Morgan fingerprint density at radius 2 is 1.39 bits per heavy atom. The lowest BCUT2D eigenvalue weighted by Gasteiger charge is -2.40. The lowest BCUT2D eigenvalue weighted by molar-refractivity contribution is -0.178. The molecule has 3 heterocycles. The first-order chi connectivity index (χ1) is 21.5. The number of rotatable bonds is 8. The molecule has 8 heteroatoms. The summed E-state index contributed by atoms with van der Waals surface area (Å²) in [5.74, 6) is -2.73. The third-order valence-corrected chi connectivity index (χ3v) is 8.93. The first kappa shape index (κ1) is 28.7. The Balaban J connectivity index is 1.21. The van der Waals surface area contributed by atoms with Gasteiger partial charge in [0.1, 0.15) is 18.9 Å². The monoisotopic (exact) mass is 598 g/mol. The third kappa shape index (κ3) is 5.88. The molecule has 0 bridgehead atoms. The highest BCUT2D eigenvalue weighted by molar-refractivity contribution is 5.74. The molecule has 7 rings (SSSR count). The SMILES string of the molecule is FC1(F)CCN(c2ccc(OCc3ccccc3)nc2OCc2ccccc2)c2cccc(C3CCC4(CC3)OCCO4)c21. The van der Waals surface area contributed by atoms with Crippen LogP contribution in [0.3, 0.4) is 0 Å². The molecule has 1 spiro atoms. The van der Waals surface area contributed by atoms with Gasteiger partial charge in [0, 0.05) is 37.4 Å². The molecule has 0 amide bonds. The highest BCUT2D eigenvalue weighted by atomic mass is 19.3. The van der Waals surface area contributed by atoms with Crippen LogP contribution in [-0.4, -0.2) is 30.5 Å². The van der Waals surface area contributed by atoms with Crippen LogP contribution in [-0.2, 0) is 28.6 Å². The van der Waals surface area contributed by atoms with E-state index < -0.39 is 11.7 Å². The fraction of sp³-hybridized carbons (Fsp3) is 0.361. The molecular formula is C36H36F2N2O4. The molecule has 1 aliphatic carbocycles. The van der Waals surface area contributed by atoms with E-state index in [-0.39, 0.29) is 31.1 Å². The van der Waals surface area contributed by atoms with Gasteiger partial charge >= 0.3 is 0 Å². The van der Waals surface area contributed by atoms with E-state index in [0.717, 1.165) is 24.0 Å². The number of benzene rings is 3. The first-order valence-corrected chi connectivity index (χ1v) is 15.4. The number of hydrogen-bond donors (Lipinski definition) is 0. The van der Waals surface area contributed by atoms with Gasteiger partial charge in [0.15, 0.2) is 5.79 Å². The highest BCUT2D eigenvalue weighted by Crippen LogP contribution is 2.52. The quantitative estimate of drug-likeness (QED) is 0.204. The third-order valence-electron chi connectivity index (χ3n) is 8.93. The first-order valence-electron chi connectivity index (χ1n) is 15.4. The van der Waals surface area contributed by atoms with Crippen LogP contribution in [0.25, 0.3) is 0 Å². The molecular weight excluding hydrogens is 562 g/mol. The van der Waals surface area contributed by atoms with Gasteiger partial charge in [-0.2, -0.15) is 4.98 Å². The average Bonchev–Trinajstić information content (AvgIpc) is 3.52. The van der Waals surface area contributed by atoms with E-state index in [4.69, 9.17) is 23.9 Å². The highest BCUT2D eigenvalue weighted by Gasteiger charge is 2.46. The second kappa shape index (κ2) is 12.2. The number of anilines is 2. The van der Waals surface area contributed by atoms with Crippen LogP contribution >= 0.6 is 0 Å². The molecule has 1 saturated carbocycles. The smallest absolute Gasteiger partial charge is 0.277 e. The van der Waals surface area contributed by atoms with Gasteiger partial charge in [0.25, 0.3) is 5.92 Å². The van der Waals surface area contributed by atoms with Gasteiger partial charge < -0.3 is 23.8 Å². The second-order valence-electron chi connectivity index (χ2n) is 11.8. The maximum atomic E-state index is 15.8. The van der Waals surface area contributed by atoms with E-state index in [1.54, 1.807) is 12.1 Å². The zero-order valence-corrected chi connectivity index (χ0v) is 24.6. The van der Waals surface area contributed by atoms with E-state index in [2.05, 4.69) is 0 Å². The molecule has 0 N–H and O–H groups in total. The van der Waals surface area contributed by atoms with E-state index in [9.17, 15) is 0 Å². The largest absolute Gasteiger partial charge is 0.473 e. The Hall–Kier alpha value is -4.01. The van der Waals surface area contributed by atoms with Crippen molar-refractivity contribution in [3.8, 4) is 11.8 Å². The average molecular weight is 599 g/mol. The van der Waals surface area contributed by atoms with Crippen LogP contribution in [0.5, 0.6) is 11.8 Å². The van der Waals surface area contributed by atoms with Crippen molar-refractivity contribution >= 4 is 11.4 Å². The Kier molecular flexibility index (Phi) is 7.95. The normalized spacial score (nSPS) is 19.1. The van der Waals surface area contributed by atoms with Gasteiger partial charge in [-0.05, 0) is 47.6 Å². The van der Waals surface area contributed by atoms with Gasteiger partial charge in [-0.1, -0.05) is 72.8 Å². The van der Waals surface area contributed by atoms with Gasteiger partial charge in [-0.25, -0.2) is 8.78 Å². The summed E-state index contributed by atoms with van der Waals surface area (Å²) in [7, 11) is 0. The lowest BCUT2D eigenvalue weighted by Crippen LogP contribution is -2.37. The van der Waals surface area contributed by atoms with Crippen molar-refractivity contribution in [2.45, 2.75) is 62.9 Å². The van der Waals surface area contributed by atoms with Crippen LogP contribution in [0.2, 0.25) is 0 Å². The van der Waals surface area contributed by atoms with Crippen molar-refractivity contribution < 1.29 is 27.7 Å². The van der Waals surface area contributed by atoms with Crippen molar-refractivity contribution in [2.24, 2.45) is 0 Å². The number of hydrogen-bond acceptors (Lipinski definition) is 6. The molecule has 0 unspecified atom stereocenters. The molecule has 1 saturated heterocycles. The minimum Gasteiger partial charge on any atom is -0.473 e. The number of nitrogens with zero attached hydrogens (tertiary/aromatic N) is 2. The number of alkyl halides is 2. The van der Waals surface area contributed by atoms with Gasteiger partial charge in [0.2, 0.25) is 11.8 Å². The van der Waals surface area contributed by atoms with Crippen molar-refractivity contribution in [2.75, 3.05) is 24.7 Å². The van der Waals surface area contributed by atoms with E-state index in [1.807, 2.05) is 83.8 Å². The molecule has 0 atom stereocenters. The van der Waals surface area contributed by atoms with Gasteiger partial charge in [-0.15, -0.1) is 0 Å². The molecule has 2 fully saturated rings. The van der Waals surface area contributed by atoms with Crippen LogP contribution in [0.4, 0.5) is 20.2 Å². The molecule has 4 aromatic rings. The topological polar surface area (TPSA) is 53.1 Å². The zero-order valence-electron chi connectivity index (χ0n) is 24.6. The van der Waals surface area contributed by atoms with Crippen molar-refractivity contribution in [1.82, 2.24) is 4.98 Å². The van der Waals surface area contributed by atoms with E-state index in [0.29, 0.717) is 61.4 Å². The minimum atomic E-state index is -2.95. The van der Waals surface area contributed by atoms with E-state index >= 15 is 8.78 Å². The summed E-state index contributed by atoms with van der Waals surface area (Å²) in [5, 5.41) is 0. The van der Waals surface area contributed by atoms with Crippen molar-refractivity contribution in [3.63, 3.8) is 0 Å². The lowest BCUT2D eigenvalue weighted by atomic mass is 9.77. The Morgan fingerprint density at radius 3 is 2.07 bits per heavy atom. The molecule has 3 aliphatic rings. The fourth-order valence-corrected chi connectivity index (χ4v) is 6.69. The molecule has 3 aromatic carbocycles. The summed E-state index contributed by atoms with van der Waals surface area (Å²) in [5.41, 5.74) is 3.96. The molecule has 228 valence electrons. The second-order valence-corrected chi connectivity index (χ2v) is 11.8. The predicted octanol–water partition coefficient (Wildman–Crippen LogP) is 8.27. The maximum Gasteiger partial charge on any atom is 0.277 e. The summed E-state index contributed by atoms with van der Waals surface area (Å²) in [6.45, 7) is 1.96. The Labute approximate surface area is 256 Å². The van der Waals surface area contributed by atoms with Crippen LogP contribution < -0.4 is 14.4 Å². The number of pyridine rings is 1.